The molecular weight excluding hydrogens is 290 g/mol. The minimum Gasteiger partial charge on any atom is -0.314 e. The number of benzene rings is 1. The Morgan fingerprint density at radius 3 is 2.61 bits per heavy atom. The molecule has 100 valence electrons. The standard InChI is InChI=1S/C14H22BrN3/c15-14-4-2-13(3-5-14)12-17-6-1-9-18-10-7-16-8-11-18/h2-5,16-17H,1,6-12H2. The third-order valence-electron chi connectivity index (χ3n) is 3.28. The van der Waals surface area contributed by atoms with Crippen molar-refractivity contribution in [3.63, 3.8) is 0 Å². The average molecular weight is 312 g/mol. The molecule has 0 amide bonds. The van der Waals surface area contributed by atoms with Gasteiger partial charge in [0.2, 0.25) is 0 Å². The van der Waals surface area contributed by atoms with Crippen LogP contribution < -0.4 is 10.6 Å². The molecule has 0 spiro atoms. The molecule has 0 unspecified atom stereocenters. The van der Waals surface area contributed by atoms with Crippen LogP contribution in [0, 0.1) is 0 Å². The lowest BCUT2D eigenvalue weighted by Crippen LogP contribution is -2.44. The normalized spacial score (nSPS) is 16.9. The third-order valence-corrected chi connectivity index (χ3v) is 3.81. The molecule has 2 N–H and O–H groups in total. The SMILES string of the molecule is Brc1ccc(CNCCCN2CCNCC2)cc1. The molecule has 3 nitrogen and oxygen atoms in total. The maximum Gasteiger partial charge on any atom is 0.0205 e. The van der Waals surface area contributed by atoms with Crippen molar-refractivity contribution in [3.05, 3.63) is 34.3 Å². The second-order valence-corrected chi connectivity index (χ2v) is 5.66. The van der Waals surface area contributed by atoms with E-state index in [0.717, 1.165) is 30.7 Å². The van der Waals surface area contributed by atoms with E-state index in [1.165, 1.54) is 31.6 Å². The van der Waals surface area contributed by atoms with Crippen LogP contribution in [0.5, 0.6) is 0 Å². The van der Waals surface area contributed by atoms with Crippen LogP contribution in [-0.4, -0.2) is 44.2 Å². The largest absolute Gasteiger partial charge is 0.314 e. The van der Waals surface area contributed by atoms with Crippen LogP contribution in [0.3, 0.4) is 0 Å². The highest BCUT2D eigenvalue weighted by Crippen LogP contribution is 2.10. The average Bonchev–Trinajstić information content (AvgIpc) is 2.42. The van der Waals surface area contributed by atoms with Gasteiger partial charge in [-0.15, -0.1) is 0 Å². The maximum absolute atomic E-state index is 3.50. The van der Waals surface area contributed by atoms with E-state index >= 15 is 0 Å². The lowest BCUT2D eigenvalue weighted by Gasteiger charge is -2.27. The van der Waals surface area contributed by atoms with Gasteiger partial charge in [-0.1, -0.05) is 28.1 Å². The van der Waals surface area contributed by atoms with Crippen LogP contribution in [0.15, 0.2) is 28.7 Å². The summed E-state index contributed by atoms with van der Waals surface area (Å²) in [4.78, 5) is 2.54. The smallest absolute Gasteiger partial charge is 0.0205 e. The first-order valence-corrected chi connectivity index (χ1v) is 7.52. The minimum atomic E-state index is 0.967. The van der Waals surface area contributed by atoms with Gasteiger partial charge < -0.3 is 15.5 Å². The number of hydrogen-bond donors (Lipinski definition) is 2. The van der Waals surface area contributed by atoms with E-state index in [2.05, 4.69) is 55.7 Å². The van der Waals surface area contributed by atoms with Crippen LogP contribution >= 0.6 is 15.9 Å². The van der Waals surface area contributed by atoms with Gasteiger partial charge in [-0.2, -0.15) is 0 Å². The predicted octanol–water partition coefficient (Wildman–Crippen LogP) is 1.83. The van der Waals surface area contributed by atoms with Gasteiger partial charge in [0.05, 0.1) is 0 Å². The fourth-order valence-electron chi connectivity index (χ4n) is 2.20. The Labute approximate surface area is 118 Å². The van der Waals surface area contributed by atoms with Gasteiger partial charge in [0, 0.05) is 37.2 Å². The molecule has 1 aliphatic rings. The molecule has 1 fully saturated rings. The highest BCUT2D eigenvalue weighted by Gasteiger charge is 2.07. The van der Waals surface area contributed by atoms with E-state index in [1.807, 2.05) is 0 Å². The van der Waals surface area contributed by atoms with Crippen LogP contribution in [0.4, 0.5) is 0 Å². The van der Waals surface area contributed by atoms with E-state index in [-0.39, 0.29) is 0 Å². The predicted molar refractivity (Wildman–Crippen MR) is 79.8 cm³/mol. The third kappa shape index (κ3) is 5.06. The summed E-state index contributed by atoms with van der Waals surface area (Å²) in [5.74, 6) is 0. The number of nitrogens with zero attached hydrogens (tertiary/aromatic N) is 1. The summed E-state index contributed by atoms with van der Waals surface area (Å²) >= 11 is 3.45. The van der Waals surface area contributed by atoms with Crippen LogP contribution in [0.25, 0.3) is 0 Å². The first-order valence-electron chi connectivity index (χ1n) is 6.73. The summed E-state index contributed by atoms with van der Waals surface area (Å²) in [6, 6.07) is 8.51. The molecule has 0 atom stereocenters. The van der Waals surface area contributed by atoms with Crippen molar-refractivity contribution in [3.8, 4) is 0 Å². The summed E-state index contributed by atoms with van der Waals surface area (Å²) in [5, 5.41) is 6.88. The Kier molecular flexibility index (Phi) is 6.14. The number of rotatable bonds is 6. The van der Waals surface area contributed by atoms with Gasteiger partial charge in [0.25, 0.3) is 0 Å². The Bertz CT molecular complexity index is 333. The fraction of sp³-hybridized carbons (Fsp3) is 0.571. The van der Waals surface area contributed by atoms with Gasteiger partial charge in [-0.05, 0) is 37.2 Å². The molecule has 1 aromatic carbocycles. The van der Waals surface area contributed by atoms with E-state index < -0.39 is 0 Å². The highest BCUT2D eigenvalue weighted by atomic mass is 79.9. The zero-order valence-corrected chi connectivity index (χ0v) is 12.4. The summed E-state index contributed by atoms with van der Waals surface area (Å²) in [6.07, 6.45) is 1.23. The van der Waals surface area contributed by atoms with Gasteiger partial charge in [0.1, 0.15) is 0 Å². The molecule has 1 saturated heterocycles. The second kappa shape index (κ2) is 7.89. The lowest BCUT2D eigenvalue weighted by atomic mass is 10.2. The van der Waals surface area contributed by atoms with Crippen molar-refractivity contribution in [2.45, 2.75) is 13.0 Å². The van der Waals surface area contributed by atoms with E-state index in [4.69, 9.17) is 0 Å². The van der Waals surface area contributed by atoms with Crippen molar-refractivity contribution in [2.75, 3.05) is 39.3 Å². The Morgan fingerprint density at radius 1 is 1.17 bits per heavy atom. The Hall–Kier alpha value is -0.420. The van der Waals surface area contributed by atoms with Crippen LogP contribution in [0.1, 0.15) is 12.0 Å². The van der Waals surface area contributed by atoms with Crippen molar-refractivity contribution < 1.29 is 0 Å². The van der Waals surface area contributed by atoms with Crippen molar-refractivity contribution in [1.29, 1.82) is 0 Å². The quantitative estimate of drug-likeness (QED) is 0.785. The number of nitrogens with one attached hydrogen (secondary N) is 2. The first-order chi connectivity index (χ1) is 8.84. The number of piperazine rings is 1. The summed E-state index contributed by atoms with van der Waals surface area (Å²) in [6.45, 7) is 7.97. The summed E-state index contributed by atoms with van der Waals surface area (Å²) in [5.41, 5.74) is 1.35. The molecule has 1 heterocycles. The van der Waals surface area contributed by atoms with Gasteiger partial charge >= 0.3 is 0 Å². The Balaban J connectivity index is 1.54. The van der Waals surface area contributed by atoms with Crippen LogP contribution in [0.2, 0.25) is 0 Å². The second-order valence-electron chi connectivity index (χ2n) is 4.75. The lowest BCUT2D eigenvalue weighted by molar-refractivity contribution is 0.237. The molecule has 0 bridgehead atoms. The number of hydrogen-bond acceptors (Lipinski definition) is 3. The molecule has 0 aromatic heterocycles. The molecule has 18 heavy (non-hydrogen) atoms. The summed E-state index contributed by atoms with van der Waals surface area (Å²) < 4.78 is 1.14. The van der Waals surface area contributed by atoms with E-state index in [0.29, 0.717) is 0 Å². The first kappa shape index (κ1) is 14.0. The van der Waals surface area contributed by atoms with Gasteiger partial charge in [-0.3, -0.25) is 0 Å². The molecule has 1 aliphatic heterocycles. The molecule has 0 saturated carbocycles. The van der Waals surface area contributed by atoms with Gasteiger partial charge in [0.15, 0.2) is 0 Å². The molecule has 0 aliphatic carbocycles. The van der Waals surface area contributed by atoms with E-state index in [1.54, 1.807) is 0 Å². The van der Waals surface area contributed by atoms with E-state index in [9.17, 15) is 0 Å². The van der Waals surface area contributed by atoms with Crippen molar-refractivity contribution in [2.24, 2.45) is 0 Å². The maximum atomic E-state index is 3.50. The molecule has 1 aromatic rings. The zero-order chi connectivity index (χ0) is 12.6. The fourth-order valence-corrected chi connectivity index (χ4v) is 2.46. The van der Waals surface area contributed by atoms with Crippen molar-refractivity contribution >= 4 is 15.9 Å². The Morgan fingerprint density at radius 2 is 1.89 bits per heavy atom. The summed E-state index contributed by atoms with van der Waals surface area (Å²) in [7, 11) is 0. The van der Waals surface area contributed by atoms with Crippen LogP contribution in [-0.2, 0) is 6.54 Å². The molecule has 4 heteroatoms. The van der Waals surface area contributed by atoms with Crippen molar-refractivity contribution in [1.82, 2.24) is 15.5 Å². The highest BCUT2D eigenvalue weighted by molar-refractivity contribution is 9.10. The monoisotopic (exact) mass is 311 g/mol. The molecular formula is C14H22BrN3. The molecule has 2 rings (SSSR count). The molecule has 0 radical (unpaired) electrons. The zero-order valence-electron chi connectivity index (χ0n) is 10.8. The van der Waals surface area contributed by atoms with Gasteiger partial charge in [-0.25, -0.2) is 0 Å². The topological polar surface area (TPSA) is 27.3 Å². The number of halogens is 1. The minimum absolute atomic E-state index is 0.967.